The number of imidazole rings is 1. The van der Waals surface area contributed by atoms with Crippen LogP contribution in [0, 0.1) is 0 Å². The Bertz CT molecular complexity index is 493. The van der Waals surface area contributed by atoms with Gasteiger partial charge in [0.25, 0.3) is 0 Å². The van der Waals surface area contributed by atoms with Crippen molar-refractivity contribution in [1.82, 2.24) is 9.38 Å². The van der Waals surface area contributed by atoms with E-state index in [9.17, 15) is 0 Å². The molecule has 0 aliphatic carbocycles. The first-order valence-electron chi connectivity index (χ1n) is 4.65. The number of halogens is 2. The number of hydrogen-bond donors (Lipinski definition) is 1. The molecule has 15 heavy (non-hydrogen) atoms. The van der Waals surface area contributed by atoms with Gasteiger partial charge < -0.3 is 10.1 Å². The summed E-state index contributed by atoms with van der Waals surface area (Å²) < 4.78 is 2.96. The first kappa shape index (κ1) is 10.9. The maximum absolute atomic E-state index is 6.04. The number of hydrogen-bond acceptors (Lipinski definition) is 2. The lowest BCUT2D eigenvalue weighted by Gasteiger charge is -2.03. The fourth-order valence-corrected chi connectivity index (χ4v) is 2.09. The van der Waals surface area contributed by atoms with E-state index in [0.717, 1.165) is 22.2 Å². The third-order valence-electron chi connectivity index (χ3n) is 2.14. The van der Waals surface area contributed by atoms with Crippen LogP contribution >= 0.6 is 27.5 Å². The lowest BCUT2D eigenvalue weighted by Crippen LogP contribution is -2.19. The van der Waals surface area contributed by atoms with Crippen LogP contribution in [0.3, 0.4) is 0 Å². The second-order valence-corrected chi connectivity index (χ2v) is 4.87. The Kier molecular flexibility index (Phi) is 3.00. The molecule has 5 heteroatoms. The summed E-state index contributed by atoms with van der Waals surface area (Å²) in [5.74, 6) is 0.900. The Morgan fingerprint density at radius 1 is 1.67 bits per heavy atom. The van der Waals surface area contributed by atoms with Gasteiger partial charge >= 0.3 is 0 Å². The van der Waals surface area contributed by atoms with Crippen molar-refractivity contribution in [2.75, 3.05) is 0 Å². The second-order valence-electron chi connectivity index (χ2n) is 3.60. The second kappa shape index (κ2) is 4.12. The van der Waals surface area contributed by atoms with Crippen LogP contribution < -0.4 is 5.73 Å². The molecule has 2 aromatic rings. The van der Waals surface area contributed by atoms with E-state index >= 15 is 0 Å². The molecule has 0 radical (unpaired) electrons. The van der Waals surface area contributed by atoms with Crippen molar-refractivity contribution in [3.63, 3.8) is 0 Å². The smallest absolute Gasteiger partial charge is 0.155 e. The van der Waals surface area contributed by atoms with Crippen LogP contribution in [-0.4, -0.2) is 15.4 Å². The van der Waals surface area contributed by atoms with E-state index < -0.39 is 0 Å². The van der Waals surface area contributed by atoms with E-state index in [2.05, 4.69) is 20.9 Å². The molecule has 0 spiro atoms. The molecular weight excluding hydrogens is 277 g/mol. The Labute approximate surface area is 101 Å². The Balaban J connectivity index is 2.57. The van der Waals surface area contributed by atoms with Gasteiger partial charge in [-0.3, -0.25) is 0 Å². The molecule has 0 fully saturated rings. The predicted molar refractivity (Wildman–Crippen MR) is 65.3 cm³/mol. The summed E-state index contributed by atoms with van der Waals surface area (Å²) in [5.41, 5.74) is 6.65. The van der Waals surface area contributed by atoms with Crippen molar-refractivity contribution in [2.24, 2.45) is 5.73 Å². The number of nitrogens with two attached hydrogens (primary N) is 1. The highest BCUT2D eigenvalue weighted by molar-refractivity contribution is 9.10. The number of aromatic nitrogens is 2. The van der Waals surface area contributed by atoms with Crippen molar-refractivity contribution >= 4 is 33.0 Å². The minimum Gasteiger partial charge on any atom is -0.328 e. The quantitative estimate of drug-likeness (QED) is 0.923. The van der Waals surface area contributed by atoms with Crippen LogP contribution in [0.4, 0.5) is 0 Å². The highest BCUT2D eigenvalue weighted by Gasteiger charge is 2.10. The average Bonchev–Trinajstić information content (AvgIpc) is 2.42. The van der Waals surface area contributed by atoms with Gasteiger partial charge in [0.2, 0.25) is 0 Å². The van der Waals surface area contributed by atoms with E-state index in [0.29, 0.717) is 5.15 Å². The highest BCUT2D eigenvalue weighted by Crippen LogP contribution is 2.22. The third kappa shape index (κ3) is 2.17. The Hall–Kier alpha value is -0.580. The molecule has 0 aliphatic heterocycles. The molecule has 80 valence electrons. The summed E-state index contributed by atoms with van der Waals surface area (Å²) in [7, 11) is 0. The summed E-state index contributed by atoms with van der Waals surface area (Å²) in [6.45, 7) is 1.95. The summed E-state index contributed by atoms with van der Waals surface area (Å²) in [6, 6.07) is 3.98. The zero-order valence-corrected chi connectivity index (χ0v) is 10.6. The van der Waals surface area contributed by atoms with Crippen LogP contribution in [0.25, 0.3) is 5.52 Å². The van der Waals surface area contributed by atoms with Crippen LogP contribution in [0.1, 0.15) is 12.7 Å². The molecule has 0 aromatic carbocycles. The summed E-state index contributed by atoms with van der Waals surface area (Å²) in [5, 5.41) is 0.520. The third-order valence-corrected chi connectivity index (χ3v) is 2.91. The molecule has 0 aliphatic rings. The van der Waals surface area contributed by atoms with Gasteiger partial charge in [-0.25, -0.2) is 4.98 Å². The van der Waals surface area contributed by atoms with E-state index in [1.807, 2.05) is 29.7 Å². The van der Waals surface area contributed by atoms with Crippen molar-refractivity contribution in [3.8, 4) is 0 Å². The molecular formula is C10H11BrClN3. The minimum absolute atomic E-state index is 0.0790. The van der Waals surface area contributed by atoms with Gasteiger partial charge in [-0.05, 0) is 19.1 Å². The van der Waals surface area contributed by atoms with E-state index in [1.54, 1.807) is 0 Å². The van der Waals surface area contributed by atoms with E-state index in [-0.39, 0.29) is 6.04 Å². The molecule has 0 saturated heterocycles. The van der Waals surface area contributed by atoms with Crippen molar-refractivity contribution in [1.29, 1.82) is 0 Å². The van der Waals surface area contributed by atoms with Gasteiger partial charge in [-0.2, -0.15) is 0 Å². The zero-order chi connectivity index (χ0) is 11.0. The largest absolute Gasteiger partial charge is 0.328 e. The van der Waals surface area contributed by atoms with E-state index in [4.69, 9.17) is 17.3 Å². The van der Waals surface area contributed by atoms with Crippen molar-refractivity contribution in [2.45, 2.75) is 19.4 Å². The van der Waals surface area contributed by atoms with Crippen LogP contribution in [-0.2, 0) is 6.42 Å². The minimum atomic E-state index is 0.0790. The number of rotatable bonds is 2. The lowest BCUT2D eigenvalue weighted by atomic mass is 10.2. The van der Waals surface area contributed by atoms with Crippen molar-refractivity contribution < 1.29 is 0 Å². The Morgan fingerprint density at radius 3 is 3.07 bits per heavy atom. The van der Waals surface area contributed by atoms with Gasteiger partial charge in [-0.1, -0.05) is 27.5 Å². The summed E-state index contributed by atoms with van der Waals surface area (Å²) >= 11 is 9.44. The first-order valence-corrected chi connectivity index (χ1v) is 5.82. The Morgan fingerprint density at radius 2 is 2.40 bits per heavy atom. The molecule has 2 heterocycles. The predicted octanol–water partition coefficient (Wildman–Crippen LogP) is 2.64. The molecule has 1 atom stereocenters. The number of fused-ring (bicyclic) bond motifs is 1. The lowest BCUT2D eigenvalue weighted by molar-refractivity contribution is 0.700. The van der Waals surface area contributed by atoms with E-state index in [1.165, 1.54) is 0 Å². The fourth-order valence-electron chi connectivity index (χ4n) is 1.51. The fraction of sp³-hybridized carbons (Fsp3) is 0.300. The standard InChI is InChI=1S/C10H11BrClN3/c1-6(13)4-9-14-10(12)8-5-7(11)2-3-15(8)9/h2-3,5-6H,4,13H2,1H3. The van der Waals surface area contributed by atoms with Gasteiger partial charge in [0, 0.05) is 23.1 Å². The maximum Gasteiger partial charge on any atom is 0.155 e. The molecule has 0 saturated carbocycles. The van der Waals surface area contributed by atoms with Crippen LogP contribution in [0.15, 0.2) is 22.8 Å². The van der Waals surface area contributed by atoms with Crippen LogP contribution in [0.2, 0.25) is 5.15 Å². The highest BCUT2D eigenvalue weighted by atomic mass is 79.9. The van der Waals surface area contributed by atoms with Crippen molar-refractivity contribution in [3.05, 3.63) is 33.8 Å². The summed E-state index contributed by atoms with van der Waals surface area (Å²) in [4.78, 5) is 4.30. The van der Waals surface area contributed by atoms with Gasteiger partial charge in [0.05, 0.1) is 5.52 Å². The molecule has 3 nitrogen and oxygen atoms in total. The molecule has 0 amide bonds. The maximum atomic E-state index is 6.04. The molecule has 0 bridgehead atoms. The summed E-state index contributed by atoms with van der Waals surface area (Å²) in [6.07, 6.45) is 2.66. The molecule has 1 unspecified atom stereocenters. The molecule has 2 N–H and O–H groups in total. The normalized spacial score (nSPS) is 13.3. The number of nitrogens with zero attached hydrogens (tertiary/aromatic N) is 2. The average molecular weight is 289 g/mol. The first-order chi connectivity index (χ1) is 7.08. The zero-order valence-electron chi connectivity index (χ0n) is 8.24. The van der Waals surface area contributed by atoms with Crippen LogP contribution in [0.5, 0.6) is 0 Å². The monoisotopic (exact) mass is 287 g/mol. The van der Waals surface area contributed by atoms with Gasteiger partial charge in [0.1, 0.15) is 5.82 Å². The van der Waals surface area contributed by atoms with Gasteiger partial charge in [-0.15, -0.1) is 0 Å². The molecule has 2 aromatic heterocycles. The molecule has 2 rings (SSSR count). The van der Waals surface area contributed by atoms with Gasteiger partial charge in [0.15, 0.2) is 5.15 Å². The number of pyridine rings is 1. The SMILES string of the molecule is CC(N)Cc1nc(Cl)c2cc(Br)ccn12. The topological polar surface area (TPSA) is 43.3 Å².